The highest BCUT2D eigenvalue weighted by molar-refractivity contribution is 6.30. The van der Waals surface area contributed by atoms with Crippen LogP contribution in [0, 0.1) is 0 Å². The second kappa shape index (κ2) is 9.03. The van der Waals surface area contributed by atoms with Gasteiger partial charge in [0.25, 0.3) is 0 Å². The molecule has 0 heterocycles. The smallest absolute Gasteiger partial charge is 0.151 e. The zero-order valence-electron chi connectivity index (χ0n) is 10.3. The van der Waals surface area contributed by atoms with Crippen molar-refractivity contribution in [3.8, 4) is 0 Å². The summed E-state index contributed by atoms with van der Waals surface area (Å²) in [5.74, 6) is 5.23. The summed E-state index contributed by atoms with van der Waals surface area (Å²) in [4.78, 5) is 14.6. The highest BCUT2D eigenvalue weighted by Crippen LogP contribution is 1.95. The van der Waals surface area contributed by atoms with E-state index >= 15 is 0 Å². The normalized spacial score (nSPS) is 12.6. The van der Waals surface area contributed by atoms with Gasteiger partial charge in [0, 0.05) is 12.8 Å². The van der Waals surface area contributed by atoms with Crippen molar-refractivity contribution in [1.29, 1.82) is 0 Å². The van der Waals surface area contributed by atoms with Gasteiger partial charge in [-0.25, -0.2) is 0 Å². The van der Waals surface area contributed by atoms with Crippen molar-refractivity contribution in [2.45, 2.75) is 39.7 Å². The fourth-order valence-electron chi connectivity index (χ4n) is 1.01. The van der Waals surface area contributed by atoms with Crippen LogP contribution in [0.4, 0.5) is 0 Å². The Morgan fingerprint density at radius 3 is 2.69 bits per heavy atom. The highest BCUT2D eigenvalue weighted by Gasteiger charge is 1.98. The zero-order valence-corrected chi connectivity index (χ0v) is 10.3. The van der Waals surface area contributed by atoms with E-state index < -0.39 is 0 Å². The molecule has 0 atom stereocenters. The summed E-state index contributed by atoms with van der Waals surface area (Å²) in [7, 11) is 0. The lowest BCUT2D eigenvalue weighted by Gasteiger charge is -2.06. The van der Waals surface area contributed by atoms with E-state index in [1.807, 2.05) is 13.8 Å². The van der Waals surface area contributed by atoms with Gasteiger partial charge >= 0.3 is 0 Å². The lowest BCUT2D eigenvalue weighted by Crippen LogP contribution is -2.09. The number of nitrogens with two attached hydrogens (primary N) is 1. The maximum absolute atomic E-state index is 10.6. The zero-order chi connectivity index (χ0) is 12.4. The van der Waals surface area contributed by atoms with Gasteiger partial charge in [0.05, 0.1) is 18.4 Å². The van der Waals surface area contributed by atoms with E-state index in [1.165, 1.54) is 6.92 Å². The molecule has 0 aliphatic rings. The van der Waals surface area contributed by atoms with Gasteiger partial charge in [-0.1, -0.05) is 0 Å². The first kappa shape index (κ1) is 14.8. The van der Waals surface area contributed by atoms with Crippen molar-refractivity contribution < 1.29 is 9.53 Å². The first-order chi connectivity index (χ1) is 7.56. The molecule has 92 valence electrons. The fourth-order valence-corrected chi connectivity index (χ4v) is 1.01. The summed E-state index contributed by atoms with van der Waals surface area (Å²) in [5, 5.41) is 3.60. The Morgan fingerprint density at radius 2 is 2.19 bits per heavy atom. The van der Waals surface area contributed by atoms with Crippen molar-refractivity contribution in [2.75, 3.05) is 13.2 Å². The molecule has 0 aliphatic heterocycles. The van der Waals surface area contributed by atoms with Crippen LogP contribution in [-0.2, 0) is 9.53 Å². The molecule has 0 aromatic rings. The van der Waals surface area contributed by atoms with Crippen molar-refractivity contribution in [2.24, 2.45) is 15.9 Å². The molecular weight excluding hydrogens is 206 g/mol. The Kier molecular flexibility index (Phi) is 8.34. The van der Waals surface area contributed by atoms with E-state index in [0.717, 1.165) is 6.42 Å². The Morgan fingerprint density at radius 1 is 1.50 bits per heavy atom. The molecule has 5 heteroatoms. The van der Waals surface area contributed by atoms with Crippen molar-refractivity contribution in [3.63, 3.8) is 0 Å². The lowest BCUT2D eigenvalue weighted by molar-refractivity contribution is -0.115. The summed E-state index contributed by atoms with van der Waals surface area (Å²) < 4.78 is 5.38. The molecule has 0 aliphatic carbocycles. The third kappa shape index (κ3) is 9.33. The number of ketones is 1. The van der Waals surface area contributed by atoms with Crippen LogP contribution in [0.3, 0.4) is 0 Å². The molecule has 0 bridgehead atoms. The molecular formula is C11H21N3O2. The van der Waals surface area contributed by atoms with Crippen LogP contribution in [0.5, 0.6) is 0 Å². The number of ether oxygens (including phenoxy) is 1. The first-order valence-corrected chi connectivity index (χ1v) is 5.44. The van der Waals surface area contributed by atoms with Gasteiger partial charge < -0.3 is 10.6 Å². The highest BCUT2D eigenvalue weighted by atomic mass is 16.5. The molecule has 0 aromatic heterocycles. The second-order valence-electron chi connectivity index (χ2n) is 3.82. The maximum atomic E-state index is 10.6. The summed E-state index contributed by atoms with van der Waals surface area (Å²) >= 11 is 0. The Bertz CT molecular complexity index is 260. The van der Waals surface area contributed by atoms with Crippen molar-refractivity contribution in [1.82, 2.24) is 0 Å². The lowest BCUT2D eigenvalue weighted by atomic mass is 10.2. The molecule has 5 nitrogen and oxygen atoms in total. The number of hydrazone groups is 1. The van der Waals surface area contributed by atoms with E-state index in [-0.39, 0.29) is 18.4 Å². The topological polar surface area (TPSA) is 77.0 Å². The number of hydrogen-bond acceptors (Lipinski definition) is 5. The van der Waals surface area contributed by atoms with Crippen LogP contribution < -0.4 is 5.84 Å². The predicted molar refractivity (Wildman–Crippen MR) is 66.0 cm³/mol. The Labute approximate surface area is 96.8 Å². The molecule has 0 amide bonds. The molecule has 0 saturated heterocycles. The van der Waals surface area contributed by atoms with Gasteiger partial charge in [-0.15, -0.1) is 0 Å². The van der Waals surface area contributed by atoms with Crippen molar-refractivity contribution in [3.05, 3.63) is 0 Å². The largest absolute Gasteiger partial charge is 0.379 e. The van der Waals surface area contributed by atoms with E-state index in [2.05, 4.69) is 10.1 Å². The van der Waals surface area contributed by atoms with Gasteiger partial charge in [0.1, 0.15) is 0 Å². The number of rotatable bonds is 8. The second-order valence-corrected chi connectivity index (χ2v) is 3.82. The minimum Gasteiger partial charge on any atom is -0.379 e. The van der Waals surface area contributed by atoms with E-state index in [4.69, 9.17) is 10.6 Å². The number of Topliss-reactive ketones (excluding diaryl/α,β-unsaturated/α-hetero) is 1. The molecule has 16 heavy (non-hydrogen) atoms. The average molecular weight is 227 g/mol. The number of carbonyl (C=O) groups excluding carboxylic acids is 1. The Balaban J connectivity index is 3.76. The molecule has 0 fully saturated rings. The molecule has 0 rings (SSSR count). The standard InChI is InChI=1S/C11H21N3O2/c1-9(2)16-6-4-5-11(14-12)8-13-7-10(3)15/h8-9H,4-7,12H2,1-3H3/b13-8?,14-11-. The molecule has 0 spiro atoms. The summed E-state index contributed by atoms with van der Waals surface area (Å²) in [5.41, 5.74) is 0.689. The van der Waals surface area contributed by atoms with Crippen LogP contribution >= 0.6 is 0 Å². The number of aliphatic imine (C=N–C) groups is 1. The van der Waals surface area contributed by atoms with E-state index in [9.17, 15) is 4.79 Å². The average Bonchev–Trinajstić information content (AvgIpc) is 2.20. The number of nitrogens with zero attached hydrogens (tertiary/aromatic N) is 2. The number of carbonyl (C=O) groups is 1. The third-order valence-corrected chi connectivity index (χ3v) is 1.75. The van der Waals surface area contributed by atoms with Gasteiger partial charge in [-0.05, 0) is 33.6 Å². The molecule has 0 radical (unpaired) electrons. The van der Waals surface area contributed by atoms with Crippen LogP contribution in [0.15, 0.2) is 10.1 Å². The van der Waals surface area contributed by atoms with Gasteiger partial charge in [0.15, 0.2) is 5.78 Å². The monoisotopic (exact) mass is 227 g/mol. The molecule has 0 aromatic carbocycles. The van der Waals surface area contributed by atoms with Crippen LogP contribution in [0.25, 0.3) is 0 Å². The minimum atomic E-state index is 0.0239. The van der Waals surface area contributed by atoms with E-state index in [1.54, 1.807) is 6.21 Å². The fraction of sp³-hybridized carbons (Fsp3) is 0.727. The van der Waals surface area contributed by atoms with Crippen LogP contribution in [0.2, 0.25) is 0 Å². The summed E-state index contributed by atoms with van der Waals surface area (Å²) in [6.45, 7) is 6.34. The van der Waals surface area contributed by atoms with Gasteiger partial charge in [-0.3, -0.25) is 9.79 Å². The summed E-state index contributed by atoms with van der Waals surface area (Å²) in [6.07, 6.45) is 3.35. The van der Waals surface area contributed by atoms with E-state index in [0.29, 0.717) is 18.7 Å². The van der Waals surface area contributed by atoms with Gasteiger partial charge in [-0.2, -0.15) is 5.10 Å². The molecule has 2 N–H and O–H groups in total. The van der Waals surface area contributed by atoms with Gasteiger partial charge in [0.2, 0.25) is 0 Å². The Hall–Kier alpha value is -1.23. The van der Waals surface area contributed by atoms with Crippen molar-refractivity contribution >= 4 is 17.7 Å². The minimum absolute atomic E-state index is 0.0239. The third-order valence-electron chi connectivity index (χ3n) is 1.75. The number of hydrogen-bond donors (Lipinski definition) is 1. The predicted octanol–water partition coefficient (Wildman–Crippen LogP) is 1.17. The quantitative estimate of drug-likeness (QED) is 0.292. The molecule has 0 unspecified atom stereocenters. The van der Waals surface area contributed by atoms with Crippen LogP contribution in [0.1, 0.15) is 33.6 Å². The maximum Gasteiger partial charge on any atom is 0.151 e. The molecule has 0 saturated carbocycles. The SMILES string of the molecule is CC(=O)CN=C/C(CCCOC(C)C)=N\N. The first-order valence-electron chi connectivity index (χ1n) is 5.44. The summed E-state index contributed by atoms with van der Waals surface area (Å²) in [6, 6.07) is 0. The van der Waals surface area contributed by atoms with Crippen LogP contribution in [-0.4, -0.2) is 37.0 Å².